The molecule has 0 atom stereocenters. The molecular formula is C16H21N3O. The van der Waals surface area contributed by atoms with Gasteiger partial charge in [-0.25, -0.2) is 9.97 Å². The fourth-order valence-corrected chi connectivity index (χ4v) is 1.87. The molecule has 0 radical (unpaired) electrons. The van der Waals surface area contributed by atoms with E-state index in [1.165, 1.54) is 11.9 Å². The molecule has 0 spiro atoms. The number of benzene rings is 1. The molecule has 0 aliphatic rings. The Hall–Kier alpha value is -2.10. The molecule has 4 heteroatoms. The Morgan fingerprint density at radius 3 is 2.80 bits per heavy atom. The zero-order chi connectivity index (χ0) is 14.0. The van der Waals surface area contributed by atoms with Crippen molar-refractivity contribution in [2.45, 2.75) is 26.2 Å². The first-order valence-corrected chi connectivity index (χ1v) is 7.11. The van der Waals surface area contributed by atoms with Crippen LogP contribution in [-0.4, -0.2) is 23.1 Å². The van der Waals surface area contributed by atoms with Crippen LogP contribution in [0.15, 0.2) is 42.7 Å². The maximum atomic E-state index is 5.66. The lowest BCUT2D eigenvalue weighted by Crippen LogP contribution is -2.05. The minimum Gasteiger partial charge on any atom is -0.478 e. The number of hydrogen-bond acceptors (Lipinski definition) is 4. The van der Waals surface area contributed by atoms with Crippen molar-refractivity contribution in [1.29, 1.82) is 0 Å². The van der Waals surface area contributed by atoms with E-state index < -0.39 is 0 Å². The molecule has 1 aromatic heterocycles. The Kier molecular flexibility index (Phi) is 5.83. The summed E-state index contributed by atoms with van der Waals surface area (Å²) in [6.07, 6.45) is 4.60. The van der Waals surface area contributed by atoms with Crippen LogP contribution in [0.3, 0.4) is 0 Å². The van der Waals surface area contributed by atoms with E-state index in [-0.39, 0.29) is 0 Å². The zero-order valence-corrected chi connectivity index (χ0v) is 11.9. The van der Waals surface area contributed by atoms with E-state index in [9.17, 15) is 0 Å². The van der Waals surface area contributed by atoms with E-state index in [1.807, 2.05) is 12.1 Å². The fourth-order valence-electron chi connectivity index (χ4n) is 1.87. The highest BCUT2D eigenvalue weighted by molar-refractivity contribution is 5.36. The predicted octanol–water partition coefficient (Wildman–Crippen LogP) is 3.31. The summed E-state index contributed by atoms with van der Waals surface area (Å²) >= 11 is 0. The lowest BCUT2D eigenvalue weighted by molar-refractivity contribution is 0.299. The number of aryl methyl sites for hydroxylation is 1. The van der Waals surface area contributed by atoms with Crippen LogP contribution in [0, 0.1) is 0 Å². The average molecular weight is 271 g/mol. The normalized spacial score (nSPS) is 10.2. The first-order valence-electron chi connectivity index (χ1n) is 7.11. The highest BCUT2D eigenvalue weighted by atomic mass is 16.5. The van der Waals surface area contributed by atoms with Gasteiger partial charge in [0.05, 0.1) is 6.61 Å². The Labute approximate surface area is 120 Å². The number of rotatable bonds is 8. The van der Waals surface area contributed by atoms with E-state index in [2.05, 4.69) is 46.5 Å². The van der Waals surface area contributed by atoms with Crippen molar-refractivity contribution in [1.82, 2.24) is 9.97 Å². The van der Waals surface area contributed by atoms with Gasteiger partial charge in [0.25, 0.3) is 0 Å². The Morgan fingerprint density at radius 2 is 2.00 bits per heavy atom. The molecule has 0 aliphatic carbocycles. The van der Waals surface area contributed by atoms with Gasteiger partial charge in [-0.1, -0.05) is 37.3 Å². The number of nitrogens with one attached hydrogen (secondary N) is 1. The molecule has 0 saturated heterocycles. The second-order valence-corrected chi connectivity index (χ2v) is 4.61. The average Bonchev–Trinajstić information content (AvgIpc) is 2.51. The van der Waals surface area contributed by atoms with E-state index >= 15 is 0 Å². The van der Waals surface area contributed by atoms with Crippen LogP contribution in [0.2, 0.25) is 0 Å². The second-order valence-electron chi connectivity index (χ2n) is 4.61. The summed E-state index contributed by atoms with van der Waals surface area (Å²) in [5.41, 5.74) is 1.34. The van der Waals surface area contributed by atoms with Crippen LogP contribution in [-0.2, 0) is 6.42 Å². The molecule has 0 aliphatic heterocycles. The first-order chi connectivity index (χ1) is 9.88. The number of anilines is 1. The fraction of sp³-hybridized carbons (Fsp3) is 0.375. The lowest BCUT2D eigenvalue weighted by Gasteiger charge is -2.07. The molecule has 1 heterocycles. The number of aromatic nitrogens is 2. The molecule has 0 fully saturated rings. The summed E-state index contributed by atoms with van der Waals surface area (Å²) in [6, 6.07) is 12.3. The molecule has 1 aromatic carbocycles. The molecule has 106 valence electrons. The maximum absolute atomic E-state index is 5.66. The molecule has 0 bridgehead atoms. The summed E-state index contributed by atoms with van der Waals surface area (Å²) < 4.78 is 5.66. The van der Waals surface area contributed by atoms with Gasteiger partial charge in [-0.2, -0.15) is 0 Å². The van der Waals surface area contributed by atoms with Gasteiger partial charge in [-0.3, -0.25) is 0 Å². The van der Waals surface area contributed by atoms with Crippen LogP contribution in [0.4, 0.5) is 5.82 Å². The van der Waals surface area contributed by atoms with Crippen LogP contribution in [0.1, 0.15) is 25.3 Å². The Bertz CT molecular complexity index is 502. The molecule has 0 unspecified atom stereocenters. The van der Waals surface area contributed by atoms with E-state index in [4.69, 9.17) is 4.74 Å². The molecule has 4 nitrogen and oxygen atoms in total. The summed E-state index contributed by atoms with van der Waals surface area (Å²) in [5.74, 6) is 1.45. The van der Waals surface area contributed by atoms with E-state index in [0.717, 1.165) is 31.6 Å². The lowest BCUT2D eigenvalue weighted by atomic mass is 10.1. The molecule has 2 rings (SSSR count). The standard InChI is InChI=1S/C16H21N3O/c1-2-10-17-15-12-16(19-13-18-15)20-11-6-9-14-7-4-3-5-8-14/h3-5,7-8,12-13H,2,6,9-11H2,1H3,(H,17,18,19). The van der Waals surface area contributed by atoms with Crippen molar-refractivity contribution < 1.29 is 4.74 Å². The van der Waals surface area contributed by atoms with Gasteiger partial charge in [0.2, 0.25) is 5.88 Å². The summed E-state index contributed by atoms with van der Waals surface area (Å²) in [4.78, 5) is 8.27. The second kappa shape index (κ2) is 8.15. The maximum Gasteiger partial charge on any atom is 0.218 e. The number of ether oxygens (including phenoxy) is 1. The third-order valence-electron chi connectivity index (χ3n) is 2.90. The van der Waals surface area contributed by atoms with Crippen LogP contribution >= 0.6 is 0 Å². The van der Waals surface area contributed by atoms with Crippen molar-refractivity contribution in [3.63, 3.8) is 0 Å². The quantitative estimate of drug-likeness (QED) is 0.748. The topological polar surface area (TPSA) is 47.0 Å². The predicted molar refractivity (Wildman–Crippen MR) is 81.1 cm³/mol. The molecule has 20 heavy (non-hydrogen) atoms. The van der Waals surface area contributed by atoms with E-state index in [1.54, 1.807) is 0 Å². The molecule has 0 saturated carbocycles. The van der Waals surface area contributed by atoms with Gasteiger partial charge in [0.15, 0.2) is 0 Å². The van der Waals surface area contributed by atoms with Gasteiger partial charge in [0, 0.05) is 12.6 Å². The summed E-state index contributed by atoms with van der Waals surface area (Å²) in [7, 11) is 0. The summed E-state index contributed by atoms with van der Waals surface area (Å²) in [6.45, 7) is 3.69. The van der Waals surface area contributed by atoms with Crippen LogP contribution in [0.25, 0.3) is 0 Å². The van der Waals surface area contributed by atoms with Gasteiger partial charge < -0.3 is 10.1 Å². The van der Waals surface area contributed by atoms with Crippen molar-refractivity contribution in [2.24, 2.45) is 0 Å². The van der Waals surface area contributed by atoms with Crippen LogP contribution < -0.4 is 10.1 Å². The smallest absolute Gasteiger partial charge is 0.218 e. The van der Waals surface area contributed by atoms with Gasteiger partial charge >= 0.3 is 0 Å². The molecule has 2 aromatic rings. The van der Waals surface area contributed by atoms with E-state index in [0.29, 0.717) is 12.5 Å². The Morgan fingerprint density at radius 1 is 1.15 bits per heavy atom. The van der Waals surface area contributed by atoms with Crippen LogP contribution in [0.5, 0.6) is 5.88 Å². The van der Waals surface area contributed by atoms with Gasteiger partial charge in [-0.05, 0) is 24.8 Å². The van der Waals surface area contributed by atoms with Gasteiger partial charge in [0.1, 0.15) is 12.1 Å². The molecule has 0 amide bonds. The Balaban J connectivity index is 1.73. The zero-order valence-electron chi connectivity index (χ0n) is 11.9. The third-order valence-corrected chi connectivity index (χ3v) is 2.90. The minimum atomic E-state index is 0.631. The van der Waals surface area contributed by atoms with Gasteiger partial charge in [-0.15, -0.1) is 0 Å². The SMILES string of the molecule is CCCNc1cc(OCCCc2ccccc2)ncn1. The first kappa shape index (κ1) is 14.3. The molecular weight excluding hydrogens is 250 g/mol. The molecule has 1 N–H and O–H groups in total. The monoisotopic (exact) mass is 271 g/mol. The van der Waals surface area contributed by atoms with Crippen molar-refractivity contribution >= 4 is 5.82 Å². The summed E-state index contributed by atoms with van der Waals surface area (Å²) in [5, 5.41) is 3.22. The van der Waals surface area contributed by atoms with Crippen molar-refractivity contribution in [2.75, 3.05) is 18.5 Å². The van der Waals surface area contributed by atoms with Crippen molar-refractivity contribution in [3.05, 3.63) is 48.3 Å². The minimum absolute atomic E-state index is 0.631. The highest BCUT2D eigenvalue weighted by Gasteiger charge is 1.99. The number of nitrogens with zero attached hydrogens (tertiary/aromatic N) is 2. The van der Waals surface area contributed by atoms with Crippen molar-refractivity contribution in [3.8, 4) is 5.88 Å². The highest BCUT2D eigenvalue weighted by Crippen LogP contribution is 2.11. The number of hydrogen-bond donors (Lipinski definition) is 1. The third kappa shape index (κ3) is 4.88. The largest absolute Gasteiger partial charge is 0.478 e.